The molecule has 2 aromatic carbocycles. The molecule has 27 heavy (non-hydrogen) atoms. The van der Waals surface area contributed by atoms with E-state index in [-0.39, 0.29) is 12.2 Å². The van der Waals surface area contributed by atoms with Gasteiger partial charge in [0.25, 0.3) is 0 Å². The van der Waals surface area contributed by atoms with Crippen LogP contribution >= 0.6 is 0 Å². The van der Waals surface area contributed by atoms with Crippen molar-refractivity contribution in [1.29, 1.82) is 0 Å². The molecule has 1 fully saturated rings. The van der Waals surface area contributed by atoms with E-state index in [2.05, 4.69) is 69.3 Å². The summed E-state index contributed by atoms with van der Waals surface area (Å²) in [5.41, 5.74) is 3.03. The molecule has 0 bridgehead atoms. The van der Waals surface area contributed by atoms with Gasteiger partial charge in [-0.05, 0) is 66.0 Å². The van der Waals surface area contributed by atoms with Crippen LogP contribution in [0.1, 0.15) is 51.2 Å². The third-order valence-electron chi connectivity index (χ3n) is 5.77. The van der Waals surface area contributed by atoms with Gasteiger partial charge >= 0.3 is 0 Å². The Balaban J connectivity index is 2.04. The molecule has 2 atom stereocenters. The van der Waals surface area contributed by atoms with Crippen LogP contribution in [0.3, 0.4) is 0 Å². The first kappa shape index (κ1) is 19.8. The summed E-state index contributed by atoms with van der Waals surface area (Å²) in [5.74, 6) is 2.41. The molecule has 3 rings (SSSR count). The van der Waals surface area contributed by atoms with Crippen LogP contribution in [0.5, 0.6) is 11.5 Å². The van der Waals surface area contributed by atoms with Gasteiger partial charge in [-0.2, -0.15) is 0 Å². The first-order chi connectivity index (χ1) is 12.9. The summed E-state index contributed by atoms with van der Waals surface area (Å²) in [5, 5.41) is 0. The number of benzene rings is 2. The van der Waals surface area contributed by atoms with E-state index in [1.807, 2.05) is 0 Å². The molecule has 1 aliphatic rings. The lowest BCUT2D eigenvalue weighted by Gasteiger charge is -2.48. The fourth-order valence-electron chi connectivity index (χ4n) is 5.09. The minimum absolute atomic E-state index is 0.00717. The van der Waals surface area contributed by atoms with E-state index in [1.165, 1.54) is 17.5 Å². The third-order valence-corrected chi connectivity index (χ3v) is 5.77. The van der Waals surface area contributed by atoms with Gasteiger partial charge in [0.2, 0.25) is 0 Å². The average Bonchev–Trinajstić information content (AvgIpc) is 2.65. The molecule has 0 aromatic heterocycles. The van der Waals surface area contributed by atoms with Crippen molar-refractivity contribution in [1.82, 2.24) is 0 Å². The van der Waals surface area contributed by atoms with E-state index < -0.39 is 0 Å². The molecule has 146 valence electrons. The molecule has 2 unspecified atom stereocenters. The maximum atomic E-state index is 5.59. The predicted molar refractivity (Wildman–Crippen MR) is 110 cm³/mol. The van der Waals surface area contributed by atoms with Crippen LogP contribution in [0, 0.1) is 11.3 Å². The van der Waals surface area contributed by atoms with Crippen LogP contribution in [-0.2, 0) is 10.2 Å². The maximum absolute atomic E-state index is 5.59. The van der Waals surface area contributed by atoms with Crippen LogP contribution < -0.4 is 9.47 Å². The molecule has 0 spiro atoms. The molecule has 2 aromatic rings. The van der Waals surface area contributed by atoms with Crippen molar-refractivity contribution in [2.24, 2.45) is 11.3 Å². The largest absolute Gasteiger partial charge is 0.497 e. The van der Waals surface area contributed by atoms with E-state index in [9.17, 15) is 0 Å². The molecular weight excluding hydrogens is 336 g/mol. The summed E-state index contributed by atoms with van der Waals surface area (Å²) in [4.78, 5) is 0. The van der Waals surface area contributed by atoms with Crippen LogP contribution in [0.15, 0.2) is 48.5 Å². The lowest BCUT2D eigenvalue weighted by Crippen LogP contribution is -2.41. The number of ether oxygens (including phenoxy) is 3. The normalized spacial score (nSPS) is 24.4. The zero-order chi connectivity index (χ0) is 19.5. The van der Waals surface area contributed by atoms with Gasteiger partial charge in [-0.25, -0.2) is 0 Å². The fourth-order valence-corrected chi connectivity index (χ4v) is 5.09. The number of methoxy groups -OCH3 is 2. The Bertz CT molecular complexity index is 733. The molecule has 0 saturated heterocycles. The first-order valence-corrected chi connectivity index (χ1v) is 9.75. The van der Waals surface area contributed by atoms with Crippen molar-refractivity contribution in [2.75, 3.05) is 21.0 Å². The van der Waals surface area contributed by atoms with Gasteiger partial charge in [0.05, 0.1) is 7.11 Å². The molecule has 1 aliphatic carbocycles. The molecule has 0 aliphatic heterocycles. The van der Waals surface area contributed by atoms with Crippen LogP contribution in [-0.4, -0.2) is 21.0 Å². The summed E-state index contributed by atoms with van der Waals surface area (Å²) in [6, 6.07) is 17.2. The molecular formula is C24H32O3. The Kier molecular flexibility index (Phi) is 5.81. The summed E-state index contributed by atoms with van der Waals surface area (Å²) < 4.78 is 16.0. The second-order valence-corrected chi connectivity index (χ2v) is 8.74. The molecule has 1 saturated carbocycles. The van der Waals surface area contributed by atoms with Crippen molar-refractivity contribution in [3.63, 3.8) is 0 Å². The fraction of sp³-hybridized carbons (Fsp3) is 0.500. The van der Waals surface area contributed by atoms with Crippen molar-refractivity contribution < 1.29 is 14.2 Å². The monoisotopic (exact) mass is 368 g/mol. The van der Waals surface area contributed by atoms with Gasteiger partial charge in [0.15, 0.2) is 6.79 Å². The Labute approximate surface area is 163 Å². The average molecular weight is 369 g/mol. The summed E-state index contributed by atoms with van der Waals surface area (Å²) >= 11 is 0. The van der Waals surface area contributed by atoms with Crippen molar-refractivity contribution in [3.05, 3.63) is 59.7 Å². The van der Waals surface area contributed by atoms with Gasteiger partial charge in [0, 0.05) is 12.5 Å². The predicted octanol–water partition coefficient (Wildman–Crippen LogP) is 5.81. The SMILES string of the molecule is COCOc1ccc(C2(c3ccc(OC)cc3)CC(C)CC(C)(C)C2)cc1. The van der Waals surface area contributed by atoms with Gasteiger partial charge in [-0.1, -0.05) is 45.0 Å². The minimum atomic E-state index is 0.00717. The topological polar surface area (TPSA) is 27.7 Å². The molecule has 0 N–H and O–H groups in total. The maximum Gasteiger partial charge on any atom is 0.188 e. The van der Waals surface area contributed by atoms with E-state index in [0.717, 1.165) is 24.3 Å². The van der Waals surface area contributed by atoms with E-state index >= 15 is 0 Å². The highest BCUT2D eigenvalue weighted by atomic mass is 16.7. The van der Waals surface area contributed by atoms with Gasteiger partial charge in [-0.15, -0.1) is 0 Å². The Morgan fingerprint density at radius 2 is 1.41 bits per heavy atom. The van der Waals surface area contributed by atoms with Crippen molar-refractivity contribution in [2.45, 2.75) is 45.4 Å². The molecule has 0 amide bonds. The first-order valence-electron chi connectivity index (χ1n) is 9.75. The van der Waals surface area contributed by atoms with E-state index in [1.54, 1.807) is 14.2 Å². The summed E-state index contributed by atoms with van der Waals surface area (Å²) in [6.07, 6.45) is 3.55. The van der Waals surface area contributed by atoms with Crippen molar-refractivity contribution in [3.8, 4) is 11.5 Å². The number of hydrogen-bond donors (Lipinski definition) is 0. The van der Waals surface area contributed by atoms with E-state index in [0.29, 0.717) is 11.3 Å². The zero-order valence-electron chi connectivity index (χ0n) is 17.2. The van der Waals surface area contributed by atoms with Crippen LogP contribution in [0.2, 0.25) is 0 Å². The zero-order valence-corrected chi connectivity index (χ0v) is 17.2. The quantitative estimate of drug-likeness (QED) is 0.602. The summed E-state index contributed by atoms with van der Waals surface area (Å²) in [7, 11) is 3.36. The lowest BCUT2D eigenvalue weighted by molar-refractivity contribution is 0.0511. The van der Waals surface area contributed by atoms with Gasteiger partial charge < -0.3 is 14.2 Å². The molecule has 0 heterocycles. The Morgan fingerprint density at radius 3 is 1.89 bits per heavy atom. The minimum Gasteiger partial charge on any atom is -0.497 e. The highest BCUT2D eigenvalue weighted by Gasteiger charge is 2.45. The molecule has 3 nitrogen and oxygen atoms in total. The number of hydrogen-bond acceptors (Lipinski definition) is 3. The molecule has 0 radical (unpaired) electrons. The van der Waals surface area contributed by atoms with E-state index in [4.69, 9.17) is 14.2 Å². The smallest absolute Gasteiger partial charge is 0.188 e. The highest BCUT2D eigenvalue weighted by Crippen LogP contribution is 2.53. The lowest BCUT2D eigenvalue weighted by atomic mass is 9.55. The van der Waals surface area contributed by atoms with Crippen LogP contribution in [0.4, 0.5) is 0 Å². The third kappa shape index (κ3) is 4.30. The Morgan fingerprint density at radius 1 is 0.852 bits per heavy atom. The van der Waals surface area contributed by atoms with Crippen molar-refractivity contribution >= 4 is 0 Å². The molecule has 3 heteroatoms. The standard InChI is InChI=1S/C24H32O3/c1-18-14-23(2,3)16-24(15-18,19-6-10-21(26-5)11-7-19)20-8-12-22(13-9-20)27-17-25-4/h6-13,18H,14-17H2,1-5H3. The van der Waals surface area contributed by atoms with Gasteiger partial charge in [-0.3, -0.25) is 0 Å². The van der Waals surface area contributed by atoms with Gasteiger partial charge in [0.1, 0.15) is 11.5 Å². The Hall–Kier alpha value is -2.00. The second kappa shape index (κ2) is 7.93. The second-order valence-electron chi connectivity index (χ2n) is 8.74. The van der Waals surface area contributed by atoms with Crippen LogP contribution in [0.25, 0.3) is 0 Å². The highest BCUT2D eigenvalue weighted by molar-refractivity contribution is 5.44. The summed E-state index contributed by atoms with van der Waals surface area (Å²) in [6.45, 7) is 7.45. The number of rotatable bonds is 6.